The zero-order valence-corrected chi connectivity index (χ0v) is 11.4. The van der Waals surface area contributed by atoms with Crippen molar-refractivity contribution < 1.29 is 5.11 Å². The number of hydrogen-bond acceptors (Lipinski definition) is 3. The molecule has 1 aromatic carbocycles. The highest BCUT2D eigenvalue weighted by molar-refractivity contribution is 6.30. The number of rotatable bonds is 5. The number of nitrogens with one attached hydrogen (secondary N) is 1. The Balaban J connectivity index is 1.70. The summed E-state index contributed by atoms with van der Waals surface area (Å²) < 4.78 is 0. The van der Waals surface area contributed by atoms with Crippen molar-refractivity contribution in [1.29, 1.82) is 0 Å². The lowest BCUT2D eigenvalue weighted by Gasteiger charge is -2.27. The van der Waals surface area contributed by atoms with Gasteiger partial charge in [-0.05, 0) is 37.1 Å². The Morgan fingerprint density at radius 1 is 1.22 bits per heavy atom. The number of benzene rings is 1. The van der Waals surface area contributed by atoms with Crippen molar-refractivity contribution in [2.45, 2.75) is 18.9 Å². The summed E-state index contributed by atoms with van der Waals surface area (Å²) in [5.74, 6) is 0. The SMILES string of the molecule is OC(CCCN1CCNCC1)c1ccc(Cl)cc1. The number of piperazine rings is 1. The van der Waals surface area contributed by atoms with Gasteiger partial charge in [-0.25, -0.2) is 0 Å². The average Bonchev–Trinajstić information content (AvgIpc) is 2.40. The van der Waals surface area contributed by atoms with Gasteiger partial charge in [0, 0.05) is 31.2 Å². The molecule has 0 amide bonds. The second kappa shape index (κ2) is 7.10. The van der Waals surface area contributed by atoms with E-state index in [0.717, 1.165) is 51.1 Å². The normalized spacial score (nSPS) is 18.8. The second-order valence-electron chi connectivity index (χ2n) is 4.80. The lowest BCUT2D eigenvalue weighted by atomic mass is 10.0. The summed E-state index contributed by atoms with van der Waals surface area (Å²) in [4.78, 5) is 2.45. The van der Waals surface area contributed by atoms with Crippen LogP contribution in [0.15, 0.2) is 24.3 Å². The van der Waals surface area contributed by atoms with Crippen LogP contribution in [0.2, 0.25) is 5.02 Å². The molecule has 18 heavy (non-hydrogen) atoms. The molecular weight excluding hydrogens is 248 g/mol. The van der Waals surface area contributed by atoms with E-state index in [4.69, 9.17) is 11.6 Å². The maximum absolute atomic E-state index is 10.1. The molecule has 1 aromatic rings. The highest BCUT2D eigenvalue weighted by Crippen LogP contribution is 2.20. The Morgan fingerprint density at radius 2 is 1.89 bits per heavy atom. The zero-order chi connectivity index (χ0) is 12.8. The number of hydrogen-bond donors (Lipinski definition) is 2. The predicted octanol–water partition coefficient (Wildman–Crippen LogP) is 2.06. The van der Waals surface area contributed by atoms with Crippen LogP contribution in [0.5, 0.6) is 0 Å². The van der Waals surface area contributed by atoms with Crippen LogP contribution in [0, 0.1) is 0 Å². The number of halogens is 1. The molecule has 2 rings (SSSR count). The molecule has 0 bridgehead atoms. The van der Waals surface area contributed by atoms with Gasteiger partial charge in [-0.1, -0.05) is 23.7 Å². The van der Waals surface area contributed by atoms with E-state index in [1.165, 1.54) is 0 Å². The lowest BCUT2D eigenvalue weighted by molar-refractivity contribution is 0.152. The topological polar surface area (TPSA) is 35.5 Å². The van der Waals surface area contributed by atoms with Crippen LogP contribution in [-0.2, 0) is 0 Å². The van der Waals surface area contributed by atoms with E-state index >= 15 is 0 Å². The van der Waals surface area contributed by atoms with Gasteiger partial charge < -0.3 is 15.3 Å². The van der Waals surface area contributed by atoms with Gasteiger partial charge in [0.2, 0.25) is 0 Å². The third-order valence-electron chi connectivity index (χ3n) is 3.42. The van der Waals surface area contributed by atoms with Crippen LogP contribution < -0.4 is 5.32 Å². The molecule has 1 unspecified atom stereocenters. The fourth-order valence-corrected chi connectivity index (χ4v) is 2.42. The summed E-state index contributed by atoms with van der Waals surface area (Å²) in [6, 6.07) is 7.46. The third-order valence-corrected chi connectivity index (χ3v) is 3.67. The standard InChI is InChI=1S/C14H21ClN2O/c15-13-5-3-12(4-6-13)14(18)2-1-9-17-10-7-16-8-11-17/h3-6,14,16,18H,1-2,7-11H2. The highest BCUT2D eigenvalue weighted by Gasteiger charge is 2.11. The van der Waals surface area contributed by atoms with E-state index in [9.17, 15) is 5.11 Å². The largest absolute Gasteiger partial charge is 0.388 e. The van der Waals surface area contributed by atoms with Gasteiger partial charge in [0.1, 0.15) is 0 Å². The first-order valence-electron chi connectivity index (χ1n) is 6.62. The molecule has 4 heteroatoms. The molecule has 1 saturated heterocycles. The number of aliphatic hydroxyl groups is 1. The third kappa shape index (κ3) is 4.25. The maximum Gasteiger partial charge on any atom is 0.0790 e. The second-order valence-corrected chi connectivity index (χ2v) is 5.24. The van der Waals surface area contributed by atoms with Crippen molar-refractivity contribution in [1.82, 2.24) is 10.2 Å². The monoisotopic (exact) mass is 268 g/mol. The summed E-state index contributed by atoms with van der Waals surface area (Å²) in [6.45, 7) is 5.49. The van der Waals surface area contributed by atoms with Crippen LogP contribution >= 0.6 is 11.6 Å². The van der Waals surface area contributed by atoms with Crippen LogP contribution in [0.4, 0.5) is 0 Å². The molecule has 0 radical (unpaired) electrons. The minimum Gasteiger partial charge on any atom is -0.388 e. The van der Waals surface area contributed by atoms with E-state index in [1.54, 1.807) is 0 Å². The Bertz CT molecular complexity index is 349. The zero-order valence-electron chi connectivity index (χ0n) is 10.6. The fraction of sp³-hybridized carbons (Fsp3) is 0.571. The first kappa shape index (κ1) is 13.8. The molecule has 1 aliphatic rings. The summed E-state index contributed by atoms with van der Waals surface area (Å²) >= 11 is 5.83. The van der Waals surface area contributed by atoms with Crippen molar-refractivity contribution in [2.75, 3.05) is 32.7 Å². The molecule has 0 spiro atoms. The summed E-state index contributed by atoms with van der Waals surface area (Å²) in [5.41, 5.74) is 0.958. The van der Waals surface area contributed by atoms with Gasteiger partial charge in [-0.2, -0.15) is 0 Å². The molecule has 0 aliphatic carbocycles. The quantitative estimate of drug-likeness (QED) is 0.858. The molecule has 0 saturated carbocycles. The van der Waals surface area contributed by atoms with Crippen LogP contribution in [-0.4, -0.2) is 42.7 Å². The Kier molecular flexibility index (Phi) is 5.45. The van der Waals surface area contributed by atoms with Crippen molar-refractivity contribution in [3.63, 3.8) is 0 Å². The molecule has 0 aromatic heterocycles. The molecule has 1 aliphatic heterocycles. The van der Waals surface area contributed by atoms with Gasteiger partial charge in [0.25, 0.3) is 0 Å². The molecule has 1 atom stereocenters. The van der Waals surface area contributed by atoms with E-state index in [2.05, 4.69) is 10.2 Å². The van der Waals surface area contributed by atoms with Gasteiger partial charge in [0.15, 0.2) is 0 Å². The lowest BCUT2D eigenvalue weighted by Crippen LogP contribution is -2.43. The van der Waals surface area contributed by atoms with Gasteiger partial charge in [-0.15, -0.1) is 0 Å². The highest BCUT2D eigenvalue weighted by atomic mass is 35.5. The first-order valence-corrected chi connectivity index (χ1v) is 7.00. The van der Waals surface area contributed by atoms with Gasteiger partial charge in [-0.3, -0.25) is 0 Å². The minimum absolute atomic E-state index is 0.370. The van der Waals surface area contributed by atoms with Crippen molar-refractivity contribution in [3.8, 4) is 0 Å². The van der Waals surface area contributed by atoms with Gasteiger partial charge in [0.05, 0.1) is 6.10 Å². The molecule has 2 N–H and O–H groups in total. The molecule has 3 nitrogen and oxygen atoms in total. The molecule has 100 valence electrons. The predicted molar refractivity (Wildman–Crippen MR) is 75.0 cm³/mol. The number of aliphatic hydroxyl groups excluding tert-OH is 1. The van der Waals surface area contributed by atoms with Gasteiger partial charge >= 0.3 is 0 Å². The molecule has 1 heterocycles. The Morgan fingerprint density at radius 3 is 2.56 bits per heavy atom. The van der Waals surface area contributed by atoms with E-state index in [0.29, 0.717) is 5.02 Å². The molecular formula is C14H21ClN2O. The smallest absolute Gasteiger partial charge is 0.0790 e. The van der Waals surface area contributed by atoms with Crippen molar-refractivity contribution in [2.24, 2.45) is 0 Å². The van der Waals surface area contributed by atoms with E-state index in [1.807, 2.05) is 24.3 Å². The van der Waals surface area contributed by atoms with Crippen molar-refractivity contribution >= 4 is 11.6 Å². The molecule has 1 fully saturated rings. The first-order chi connectivity index (χ1) is 8.75. The minimum atomic E-state index is -0.370. The van der Waals surface area contributed by atoms with E-state index < -0.39 is 0 Å². The average molecular weight is 269 g/mol. The van der Waals surface area contributed by atoms with Crippen LogP contribution in [0.3, 0.4) is 0 Å². The summed E-state index contributed by atoms with van der Waals surface area (Å²) in [7, 11) is 0. The van der Waals surface area contributed by atoms with Crippen molar-refractivity contribution in [3.05, 3.63) is 34.9 Å². The van der Waals surface area contributed by atoms with Crippen LogP contribution in [0.25, 0.3) is 0 Å². The maximum atomic E-state index is 10.1. The number of nitrogens with zero attached hydrogens (tertiary/aromatic N) is 1. The Hall–Kier alpha value is -0.610. The Labute approximate surface area is 114 Å². The summed E-state index contributed by atoms with van der Waals surface area (Å²) in [6.07, 6.45) is 1.47. The fourth-order valence-electron chi connectivity index (χ4n) is 2.29. The summed E-state index contributed by atoms with van der Waals surface area (Å²) in [5, 5.41) is 14.1. The van der Waals surface area contributed by atoms with E-state index in [-0.39, 0.29) is 6.10 Å². The van der Waals surface area contributed by atoms with Crippen LogP contribution in [0.1, 0.15) is 24.5 Å².